The summed E-state index contributed by atoms with van der Waals surface area (Å²) in [4.78, 5) is 24.1. The molecule has 0 unspecified atom stereocenters. The van der Waals surface area contributed by atoms with Gasteiger partial charge in [-0.2, -0.15) is 0 Å². The van der Waals surface area contributed by atoms with Crippen molar-refractivity contribution in [3.8, 4) is 0 Å². The Morgan fingerprint density at radius 3 is 2.61 bits per heavy atom. The smallest absolute Gasteiger partial charge is 0.404 e. The van der Waals surface area contributed by atoms with Gasteiger partial charge >= 0.3 is 5.88 Å². The minimum absolute atomic E-state index is 0.132. The summed E-state index contributed by atoms with van der Waals surface area (Å²) in [5.74, 6) is -0.163. The van der Waals surface area contributed by atoms with Crippen molar-refractivity contribution < 1.29 is 14.1 Å². The van der Waals surface area contributed by atoms with Gasteiger partial charge in [0, 0.05) is 5.69 Å². The molecule has 0 spiro atoms. The molecule has 1 heterocycles. The fraction of sp³-hybridized carbons (Fsp3) is 0.235. The van der Waals surface area contributed by atoms with Crippen LogP contribution in [0.2, 0.25) is 0 Å². The predicted octanol–water partition coefficient (Wildman–Crippen LogP) is 4.08. The first-order valence-electron chi connectivity index (χ1n) is 7.38. The van der Waals surface area contributed by atoms with E-state index in [9.17, 15) is 14.9 Å². The van der Waals surface area contributed by atoms with Crippen LogP contribution in [0.1, 0.15) is 25.5 Å². The maximum Gasteiger partial charge on any atom is 0.433 e. The normalized spacial score (nSPS) is 10.8. The number of unbranched alkanes of at least 4 members (excludes halogenated alkanes) is 1. The summed E-state index contributed by atoms with van der Waals surface area (Å²) in [7, 11) is 0. The van der Waals surface area contributed by atoms with Gasteiger partial charge in [0.2, 0.25) is 0 Å². The fourth-order valence-corrected chi connectivity index (χ4v) is 2.05. The molecule has 0 saturated heterocycles. The summed E-state index contributed by atoms with van der Waals surface area (Å²) in [5.41, 5.74) is 0.706. The van der Waals surface area contributed by atoms with Gasteiger partial charge in [0.1, 0.15) is 10.7 Å². The molecule has 0 aliphatic heterocycles. The molecular formula is C17H18N2O4. The number of allylic oxidation sites excluding steroid dienone is 1. The van der Waals surface area contributed by atoms with E-state index < -0.39 is 4.92 Å². The lowest BCUT2D eigenvalue weighted by atomic mass is 10.2. The van der Waals surface area contributed by atoms with E-state index in [0.29, 0.717) is 11.4 Å². The Bertz CT molecular complexity index is 692. The lowest BCUT2D eigenvalue weighted by Gasteiger charge is -2.20. The van der Waals surface area contributed by atoms with Crippen molar-refractivity contribution >= 4 is 17.5 Å². The quantitative estimate of drug-likeness (QED) is 0.438. The van der Waals surface area contributed by atoms with Crippen molar-refractivity contribution in [3.63, 3.8) is 0 Å². The number of furan rings is 1. The van der Waals surface area contributed by atoms with Crippen LogP contribution in [-0.2, 0) is 11.3 Å². The molecule has 0 aliphatic rings. The Morgan fingerprint density at radius 2 is 2.00 bits per heavy atom. The van der Waals surface area contributed by atoms with Gasteiger partial charge in [0.25, 0.3) is 5.91 Å². The van der Waals surface area contributed by atoms with Gasteiger partial charge < -0.3 is 9.32 Å². The van der Waals surface area contributed by atoms with Crippen LogP contribution in [0.3, 0.4) is 0 Å². The van der Waals surface area contributed by atoms with Crippen molar-refractivity contribution in [3.05, 3.63) is 70.5 Å². The van der Waals surface area contributed by atoms with E-state index in [0.717, 1.165) is 12.8 Å². The Hall–Kier alpha value is -2.89. The van der Waals surface area contributed by atoms with Crippen molar-refractivity contribution in [2.24, 2.45) is 0 Å². The second-order valence-electron chi connectivity index (χ2n) is 4.95. The van der Waals surface area contributed by atoms with Crippen LogP contribution >= 0.6 is 0 Å². The van der Waals surface area contributed by atoms with E-state index in [1.165, 1.54) is 23.1 Å². The number of hydrogen-bond donors (Lipinski definition) is 0. The van der Waals surface area contributed by atoms with Crippen molar-refractivity contribution in [2.75, 3.05) is 4.90 Å². The standard InChI is InChI=1S/C17H18N2O4/c1-2-3-5-10-16(20)18(14-8-6-4-7-9-14)13-15-11-12-17(23-15)19(21)22/h4-12H,2-3,13H2,1H3/b10-5+. The molecule has 1 amide bonds. The average molecular weight is 314 g/mol. The van der Waals surface area contributed by atoms with Gasteiger partial charge in [-0.25, -0.2) is 0 Å². The first-order valence-corrected chi connectivity index (χ1v) is 7.38. The van der Waals surface area contributed by atoms with E-state index in [2.05, 4.69) is 0 Å². The summed E-state index contributed by atoms with van der Waals surface area (Å²) in [6.45, 7) is 2.17. The summed E-state index contributed by atoms with van der Waals surface area (Å²) >= 11 is 0. The molecule has 1 aromatic carbocycles. The number of carbonyl (C=O) groups excluding carboxylic acids is 1. The SMILES string of the molecule is CCC/C=C/C(=O)N(Cc1ccc([N+](=O)[O-])o1)c1ccccc1. The molecule has 0 aliphatic carbocycles. The van der Waals surface area contributed by atoms with Crippen LogP contribution in [0.5, 0.6) is 0 Å². The molecular weight excluding hydrogens is 296 g/mol. The van der Waals surface area contributed by atoms with Crippen LogP contribution in [0.25, 0.3) is 0 Å². The Balaban J connectivity index is 2.22. The van der Waals surface area contributed by atoms with Gasteiger partial charge in [-0.3, -0.25) is 14.9 Å². The number of anilines is 1. The monoisotopic (exact) mass is 314 g/mol. The van der Waals surface area contributed by atoms with E-state index >= 15 is 0 Å². The number of nitro groups is 1. The Kier molecular flexibility index (Phi) is 5.68. The lowest BCUT2D eigenvalue weighted by Crippen LogP contribution is -2.28. The van der Waals surface area contributed by atoms with Crippen LogP contribution in [-0.4, -0.2) is 10.8 Å². The zero-order chi connectivity index (χ0) is 16.7. The molecule has 120 valence electrons. The Morgan fingerprint density at radius 1 is 1.26 bits per heavy atom. The third-order valence-electron chi connectivity index (χ3n) is 3.19. The third-order valence-corrected chi connectivity index (χ3v) is 3.19. The van der Waals surface area contributed by atoms with E-state index in [-0.39, 0.29) is 18.3 Å². The highest BCUT2D eigenvalue weighted by Crippen LogP contribution is 2.21. The summed E-state index contributed by atoms with van der Waals surface area (Å²) in [6.07, 6.45) is 5.12. The number of para-hydroxylation sites is 1. The minimum atomic E-state index is -0.598. The van der Waals surface area contributed by atoms with Crippen LogP contribution in [0, 0.1) is 10.1 Å². The number of rotatable bonds is 7. The molecule has 1 aromatic heterocycles. The van der Waals surface area contributed by atoms with E-state index in [1.807, 2.05) is 43.3 Å². The molecule has 2 aromatic rings. The number of benzene rings is 1. The fourth-order valence-electron chi connectivity index (χ4n) is 2.05. The number of carbonyl (C=O) groups is 1. The van der Waals surface area contributed by atoms with Crippen LogP contribution in [0.15, 0.2) is 59.0 Å². The molecule has 6 nitrogen and oxygen atoms in total. The molecule has 0 atom stereocenters. The molecule has 6 heteroatoms. The molecule has 2 rings (SSSR count). The van der Waals surface area contributed by atoms with Crippen LogP contribution < -0.4 is 4.90 Å². The number of nitrogens with zero attached hydrogens (tertiary/aromatic N) is 2. The second kappa shape index (κ2) is 7.93. The zero-order valence-corrected chi connectivity index (χ0v) is 12.8. The van der Waals surface area contributed by atoms with Gasteiger partial charge in [-0.15, -0.1) is 0 Å². The van der Waals surface area contributed by atoms with Gasteiger partial charge in [-0.05, 0) is 30.7 Å². The zero-order valence-electron chi connectivity index (χ0n) is 12.8. The third kappa shape index (κ3) is 4.54. The van der Waals surface area contributed by atoms with E-state index in [4.69, 9.17) is 4.42 Å². The van der Waals surface area contributed by atoms with Crippen molar-refractivity contribution in [1.29, 1.82) is 0 Å². The van der Waals surface area contributed by atoms with E-state index in [1.54, 1.807) is 0 Å². The molecule has 0 radical (unpaired) electrons. The Labute approximate surface area is 134 Å². The average Bonchev–Trinajstić information content (AvgIpc) is 3.02. The number of amides is 1. The predicted molar refractivity (Wildman–Crippen MR) is 87.0 cm³/mol. The molecule has 0 saturated carbocycles. The highest BCUT2D eigenvalue weighted by atomic mass is 16.6. The van der Waals surface area contributed by atoms with Crippen LogP contribution in [0.4, 0.5) is 11.6 Å². The molecule has 0 fully saturated rings. The van der Waals surface area contributed by atoms with Crippen molar-refractivity contribution in [1.82, 2.24) is 0 Å². The van der Waals surface area contributed by atoms with Gasteiger partial charge in [-0.1, -0.05) is 37.6 Å². The highest BCUT2D eigenvalue weighted by Gasteiger charge is 2.18. The van der Waals surface area contributed by atoms with Gasteiger partial charge in [0.05, 0.1) is 12.6 Å². The topological polar surface area (TPSA) is 76.6 Å². The molecule has 0 N–H and O–H groups in total. The first kappa shape index (κ1) is 16.5. The summed E-state index contributed by atoms with van der Waals surface area (Å²) in [6, 6.07) is 11.9. The van der Waals surface area contributed by atoms with Gasteiger partial charge in [0.15, 0.2) is 0 Å². The highest BCUT2D eigenvalue weighted by molar-refractivity contribution is 6.01. The summed E-state index contributed by atoms with van der Waals surface area (Å²) < 4.78 is 5.16. The van der Waals surface area contributed by atoms with Crippen molar-refractivity contribution in [2.45, 2.75) is 26.3 Å². The molecule has 23 heavy (non-hydrogen) atoms. The minimum Gasteiger partial charge on any atom is -0.404 e. The summed E-state index contributed by atoms with van der Waals surface area (Å²) in [5, 5.41) is 10.7. The maximum absolute atomic E-state index is 12.4. The first-order chi connectivity index (χ1) is 11.1. The number of hydrogen-bond acceptors (Lipinski definition) is 4. The second-order valence-corrected chi connectivity index (χ2v) is 4.95. The lowest BCUT2D eigenvalue weighted by molar-refractivity contribution is -0.402. The molecule has 0 bridgehead atoms. The largest absolute Gasteiger partial charge is 0.433 e. The maximum atomic E-state index is 12.4.